The third-order valence-electron chi connectivity index (χ3n) is 2.63. The molecule has 0 saturated heterocycles. The van der Waals surface area contributed by atoms with E-state index in [-0.39, 0.29) is 11.9 Å². The fourth-order valence-electron chi connectivity index (χ4n) is 1.53. The van der Waals surface area contributed by atoms with Crippen molar-refractivity contribution in [3.8, 4) is 0 Å². The van der Waals surface area contributed by atoms with Gasteiger partial charge in [-0.1, -0.05) is 6.92 Å². The lowest BCUT2D eigenvalue weighted by Crippen LogP contribution is -2.28. The summed E-state index contributed by atoms with van der Waals surface area (Å²) in [6, 6.07) is 3.93. The summed E-state index contributed by atoms with van der Waals surface area (Å²) in [5.74, 6) is 0.169. The van der Waals surface area contributed by atoms with Crippen LogP contribution in [0.3, 0.4) is 0 Å². The smallest absolute Gasteiger partial charge is 0.186 e. The monoisotopic (exact) mass is 255 g/mol. The Morgan fingerprint density at radius 2 is 2.24 bits per heavy atom. The first kappa shape index (κ1) is 14.4. The number of carbonyl (C=O) groups excluding carboxylic acids is 1. The first-order valence-electron chi connectivity index (χ1n) is 6.01. The molecule has 3 nitrogen and oxygen atoms in total. The van der Waals surface area contributed by atoms with E-state index in [1.807, 2.05) is 24.1 Å². The van der Waals surface area contributed by atoms with Gasteiger partial charge < -0.3 is 5.11 Å². The second-order valence-corrected chi connectivity index (χ2v) is 5.59. The number of Topliss-reactive ketones (excluding diaryl/α,β-unsaturated/α-hetero) is 1. The Labute approximate surface area is 107 Å². The van der Waals surface area contributed by atoms with Crippen molar-refractivity contribution in [3.63, 3.8) is 0 Å². The SMILES string of the molecule is CCc1ccc(C(=O)CN(C)CCC(C)O)s1. The number of carbonyl (C=O) groups is 1. The molecule has 0 amide bonds. The number of nitrogens with zero attached hydrogens (tertiary/aromatic N) is 1. The minimum atomic E-state index is -0.305. The summed E-state index contributed by atoms with van der Waals surface area (Å²) in [4.78, 5) is 16.0. The van der Waals surface area contributed by atoms with E-state index in [0.29, 0.717) is 13.0 Å². The maximum Gasteiger partial charge on any atom is 0.186 e. The summed E-state index contributed by atoms with van der Waals surface area (Å²) in [5, 5.41) is 9.18. The number of likely N-dealkylation sites (N-methyl/N-ethyl adjacent to an activating group) is 1. The van der Waals surface area contributed by atoms with Crippen LogP contribution in [-0.4, -0.2) is 42.0 Å². The van der Waals surface area contributed by atoms with Gasteiger partial charge in [0.2, 0.25) is 0 Å². The quantitative estimate of drug-likeness (QED) is 0.759. The number of rotatable bonds is 7. The Balaban J connectivity index is 2.43. The van der Waals surface area contributed by atoms with Crippen molar-refractivity contribution in [2.45, 2.75) is 32.8 Å². The van der Waals surface area contributed by atoms with Gasteiger partial charge in [0.25, 0.3) is 0 Å². The van der Waals surface area contributed by atoms with Crippen molar-refractivity contribution >= 4 is 17.1 Å². The van der Waals surface area contributed by atoms with Crippen molar-refractivity contribution < 1.29 is 9.90 Å². The number of aliphatic hydroxyl groups is 1. The van der Waals surface area contributed by atoms with Gasteiger partial charge in [-0.15, -0.1) is 11.3 Å². The van der Waals surface area contributed by atoms with Crippen LogP contribution in [0, 0.1) is 0 Å². The van der Waals surface area contributed by atoms with Crippen LogP contribution >= 0.6 is 11.3 Å². The predicted molar refractivity (Wildman–Crippen MR) is 71.8 cm³/mol. The van der Waals surface area contributed by atoms with Crippen molar-refractivity contribution in [1.29, 1.82) is 0 Å². The molecule has 0 aliphatic heterocycles. The molecule has 0 bridgehead atoms. The summed E-state index contributed by atoms with van der Waals surface area (Å²) in [6.45, 7) is 5.03. The molecule has 0 aromatic carbocycles. The zero-order chi connectivity index (χ0) is 12.8. The molecule has 4 heteroatoms. The minimum Gasteiger partial charge on any atom is -0.393 e. The summed E-state index contributed by atoms with van der Waals surface area (Å²) >= 11 is 1.58. The first-order valence-corrected chi connectivity index (χ1v) is 6.83. The Hall–Kier alpha value is -0.710. The highest BCUT2D eigenvalue weighted by Gasteiger charge is 2.12. The molecule has 96 valence electrons. The molecule has 0 aliphatic carbocycles. The Kier molecular flexibility index (Phi) is 5.82. The van der Waals surface area contributed by atoms with E-state index in [0.717, 1.165) is 17.8 Å². The van der Waals surface area contributed by atoms with Gasteiger partial charge in [0.1, 0.15) is 0 Å². The van der Waals surface area contributed by atoms with E-state index in [9.17, 15) is 9.90 Å². The van der Waals surface area contributed by atoms with E-state index in [2.05, 4.69) is 6.92 Å². The lowest BCUT2D eigenvalue weighted by molar-refractivity contribution is 0.0935. The molecule has 17 heavy (non-hydrogen) atoms. The van der Waals surface area contributed by atoms with Crippen molar-refractivity contribution in [2.75, 3.05) is 20.1 Å². The zero-order valence-corrected chi connectivity index (χ0v) is 11.6. The molecule has 0 saturated carbocycles. The molecule has 1 aromatic heterocycles. The fourth-order valence-corrected chi connectivity index (χ4v) is 2.40. The number of hydrogen-bond donors (Lipinski definition) is 1. The van der Waals surface area contributed by atoms with Crippen LogP contribution in [0.2, 0.25) is 0 Å². The summed E-state index contributed by atoms with van der Waals surface area (Å²) in [6.07, 6.45) is 1.38. The van der Waals surface area contributed by atoms with E-state index < -0.39 is 0 Å². The minimum absolute atomic E-state index is 0.169. The van der Waals surface area contributed by atoms with Crippen LogP contribution in [0.4, 0.5) is 0 Å². The normalized spacial score (nSPS) is 13.0. The number of aliphatic hydroxyl groups excluding tert-OH is 1. The lowest BCUT2D eigenvalue weighted by Gasteiger charge is -2.15. The molecule has 0 aliphatic rings. The average molecular weight is 255 g/mol. The van der Waals surface area contributed by atoms with Crippen molar-refractivity contribution in [2.24, 2.45) is 0 Å². The zero-order valence-electron chi connectivity index (χ0n) is 10.8. The van der Waals surface area contributed by atoms with E-state index in [1.165, 1.54) is 4.88 Å². The standard InChI is InChI=1S/C13H21NO2S/c1-4-11-5-6-13(17-11)12(16)9-14(3)8-7-10(2)15/h5-6,10,15H,4,7-9H2,1-3H3. The third kappa shape index (κ3) is 4.98. The Morgan fingerprint density at radius 3 is 2.76 bits per heavy atom. The highest BCUT2D eigenvalue weighted by molar-refractivity contribution is 7.14. The Bertz CT molecular complexity index is 360. The van der Waals surface area contributed by atoms with E-state index >= 15 is 0 Å². The van der Waals surface area contributed by atoms with Crippen LogP contribution in [0.25, 0.3) is 0 Å². The largest absolute Gasteiger partial charge is 0.393 e. The van der Waals surface area contributed by atoms with E-state index in [1.54, 1.807) is 18.3 Å². The molecule has 0 radical (unpaired) electrons. The van der Waals surface area contributed by atoms with Gasteiger partial charge in [-0.3, -0.25) is 9.69 Å². The average Bonchev–Trinajstić information content (AvgIpc) is 2.74. The summed E-state index contributed by atoms with van der Waals surface area (Å²) < 4.78 is 0. The number of hydrogen-bond acceptors (Lipinski definition) is 4. The second kappa shape index (κ2) is 6.89. The summed E-state index contributed by atoms with van der Waals surface area (Å²) in [7, 11) is 1.91. The molecule has 1 N–H and O–H groups in total. The van der Waals surface area contributed by atoms with Crippen LogP contribution in [0.15, 0.2) is 12.1 Å². The molecule has 1 aromatic rings. The molecule has 0 spiro atoms. The third-order valence-corrected chi connectivity index (χ3v) is 3.90. The highest BCUT2D eigenvalue weighted by atomic mass is 32.1. The van der Waals surface area contributed by atoms with Gasteiger partial charge in [0, 0.05) is 11.4 Å². The van der Waals surface area contributed by atoms with Gasteiger partial charge in [0.15, 0.2) is 5.78 Å². The molecule has 1 heterocycles. The second-order valence-electron chi connectivity index (χ2n) is 4.42. The number of aryl methyl sites for hydroxylation is 1. The van der Waals surface area contributed by atoms with Crippen molar-refractivity contribution in [1.82, 2.24) is 4.90 Å². The molecular weight excluding hydrogens is 234 g/mol. The van der Waals surface area contributed by atoms with Gasteiger partial charge in [-0.05, 0) is 38.9 Å². The maximum atomic E-state index is 11.9. The van der Waals surface area contributed by atoms with Crippen LogP contribution in [0.1, 0.15) is 34.8 Å². The molecular formula is C13H21NO2S. The van der Waals surface area contributed by atoms with Gasteiger partial charge in [0.05, 0.1) is 17.5 Å². The Morgan fingerprint density at radius 1 is 1.53 bits per heavy atom. The fraction of sp³-hybridized carbons (Fsp3) is 0.615. The van der Waals surface area contributed by atoms with Crippen molar-refractivity contribution in [3.05, 3.63) is 21.9 Å². The summed E-state index contributed by atoms with van der Waals surface area (Å²) in [5.41, 5.74) is 0. The number of thiophene rings is 1. The lowest BCUT2D eigenvalue weighted by atomic mass is 10.2. The molecule has 1 rings (SSSR count). The number of ketones is 1. The van der Waals surface area contributed by atoms with Crippen LogP contribution < -0.4 is 0 Å². The topological polar surface area (TPSA) is 40.5 Å². The van der Waals surface area contributed by atoms with Crippen LogP contribution in [0.5, 0.6) is 0 Å². The van der Waals surface area contributed by atoms with E-state index in [4.69, 9.17) is 0 Å². The first-order chi connectivity index (χ1) is 8.02. The molecule has 1 unspecified atom stereocenters. The van der Waals surface area contributed by atoms with Gasteiger partial charge >= 0.3 is 0 Å². The molecule has 0 fully saturated rings. The predicted octanol–water partition coefficient (Wildman–Crippen LogP) is 2.20. The molecule has 1 atom stereocenters. The van der Waals surface area contributed by atoms with Gasteiger partial charge in [-0.25, -0.2) is 0 Å². The maximum absolute atomic E-state index is 11.9. The van der Waals surface area contributed by atoms with Gasteiger partial charge in [-0.2, -0.15) is 0 Å². The highest BCUT2D eigenvalue weighted by Crippen LogP contribution is 2.17. The van der Waals surface area contributed by atoms with Crippen LogP contribution in [-0.2, 0) is 6.42 Å².